The summed E-state index contributed by atoms with van der Waals surface area (Å²) >= 11 is 7.76. The van der Waals surface area contributed by atoms with Gasteiger partial charge in [-0.1, -0.05) is 11.6 Å². The molecule has 0 fully saturated rings. The highest BCUT2D eigenvalue weighted by atomic mass is 35.7. The first kappa shape index (κ1) is 16.5. The van der Waals surface area contributed by atoms with Crippen molar-refractivity contribution in [2.24, 2.45) is 0 Å². The van der Waals surface area contributed by atoms with E-state index in [1.165, 1.54) is 26.1 Å². The molecule has 2 rings (SSSR count). The van der Waals surface area contributed by atoms with Crippen molar-refractivity contribution in [3.63, 3.8) is 0 Å². The number of fused-ring (bicyclic) bond motifs is 1. The molecule has 1 aromatic heterocycles. The second-order valence-corrected chi connectivity index (χ2v) is 6.20. The number of rotatable bonds is 1. The lowest BCUT2D eigenvalue weighted by molar-refractivity contribution is -2.00. The Morgan fingerprint density at radius 2 is 1.68 bits per heavy atom. The summed E-state index contributed by atoms with van der Waals surface area (Å²) in [7, 11) is -4.94. The van der Waals surface area contributed by atoms with Gasteiger partial charge in [-0.15, -0.1) is 21.8 Å². The monoisotopic (exact) mass is 322 g/mol. The van der Waals surface area contributed by atoms with E-state index in [2.05, 4.69) is 38.1 Å². The van der Waals surface area contributed by atoms with Crippen molar-refractivity contribution in [2.45, 2.75) is 19.7 Å². The van der Waals surface area contributed by atoms with Gasteiger partial charge in [-0.2, -0.15) is 0 Å². The number of aryl methyl sites for hydroxylation is 2. The average Bonchev–Trinajstić information content (AvgIpc) is 2.26. The van der Waals surface area contributed by atoms with Crippen LogP contribution in [-0.4, -0.2) is 0 Å². The van der Waals surface area contributed by atoms with Crippen LogP contribution in [0.15, 0.2) is 24.3 Å². The fourth-order valence-electron chi connectivity index (χ4n) is 1.62. The van der Waals surface area contributed by atoms with Crippen LogP contribution in [0.2, 0.25) is 0 Å². The molecule has 1 heterocycles. The number of halogens is 2. The molecular formula is C12H12Cl2O4S. The maximum absolute atomic E-state index is 8.49. The third-order valence-electron chi connectivity index (χ3n) is 2.27. The van der Waals surface area contributed by atoms with E-state index in [-0.39, 0.29) is 0 Å². The lowest BCUT2D eigenvalue weighted by atomic mass is 10.1. The van der Waals surface area contributed by atoms with Crippen molar-refractivity contribution in [1.29, 1.82) is 0 Å². The number of alkyl halides is 1. The number of hydrogen-bond acceptors (Lipinski definition) is 4. The third-order valence-corrected chi connectivity index (χ3v) is 3.58. The zero-order chi connectivity index (χ0) is 14.6. The molecule has 0 spiro atoms. The first-order chi connectivity index (χ1) is 8.70. The summed E-state index contributed by atoms with van der Waals surface area (Å²) in [5.74, 6) is 0.592. The largest absolute Gasteiger partial charge is 0.238 e. The molecule has 0 atom stereocenters. The van der Waals surface area contributed by atoms with Crippen LogP contribution in [0.1, 0.15) is 16.0 Å². The van der Waals surface area contributed by atoms with Gasteiger partial charge in [0, 0.05) is 30.3 Å². The van der Waals surface area contributed by atoms with E-state index < -0.39 is 10.2 Å². The Hall–Kier alpha value is -0.530. The fourth-order valence-corrected chi connectivity index (χ4v) is 2.83. The van der Waals surface area contributed by atoms with Crippen LogP contribution in [-0.2, 0) is 5.88 Å². The van der Waals surface area contributed by atoms with E-state index in [9.17, 15) is 0 Å². The Morgan fingerprint density at radius 3 is 2.21 bits per heavy atom. The highest BCUT2D eigenvalue weighted by molar-refractivity contribution is 7.18. The lowest BCUT2D eigenvalue weighted by Crippen LogP contribution is -2.68. The molecule has 19 heavy (non-hydrogen) atoms. The Kier molecular flexibility index (Phi) is 5.88. The summed E-state index contributed by atoms with van der Waals surface area (Å²) in [4.78, 5) is 1.32. The minimum Gasteiger partial charge on any atom is -0.222 e. The fraction of sp³-hybridized carbons (Fsp3) is 0.250. The molecule has 104 valence electrons. The van der Waals surface area contributed by atoms with Gasteiger partial charge in [0.2, 0.25) is 20.9 Å². The molecule has 0 aliphatic rings. The summed E-state index contributed by atoms with van der Waals surface area (Å²) in [5.41, 5.74) is 2.53. The number of benzene rings is 1. The van der Waals surface area contributed by atoms with Crippen LogP contribution in [0.4, 0.5) is 0 Å². The summed E-state index contributed by atoms with van der Waals surface area (Å²) in [6.07, 6.45) is 0. The average molecular weight is 323 g/mol. The van der Waals surface area contributed by atoms with E-state index in [4.69, 9.17) is 30.2 Å². The maximum Gasteiger partial charge on any atom is 0.238 e. The van der Waals surface area contributed by atoms with Gasteiger partial charge in [-0.05, 0) is 18.6 Å². The third kappa shape index (κ3) is 5.97. The zero-order valence-electron chi connectivity index (χ0n) is 10.3. The Bertz CT molecular complexity index is 563. The van der Waals surface area contributed by atoms with E-state index in [0.29, 0.717) is 5.88 Å². The first-order valence-electron chi connectivity index (χ1n) is 5.21. The molecule has 0 saturated carbocycles. The predicted molar refractivity (Wildman–Crippen MR) is 65.3 cm³/mol. The van der Waals surface area contributed by atoms with Crippen LogP contribution in [0.3, 0.4) is 0 Å². The molecular weight excluding hydrogens is 311 g/mol. The SMILES string of the molecule is Cc1ccc2[s+]c(C)cc(CCl)c2c1.[O-][Cl+3]([O-])([O-])[O-]. The highest BCUT2D eigenvalue weighted by Gasteiger charge is 2.11. The van der Waals surface area contributed by atoms with Crippen LogP contribution >= 0.6 is 22.9 Å². The van der Waals surface area contributed by atoms with Gasteiger partial charge in [-0.25, -0.2) is 18.6 Å². The highest BCUT2D eigenvalue weighted by Crippen LogP contribution is 2.27. The van der Waals surface area contributed by atoms with E-state index in [1.54, 1.807) is 0 Å². The minimum atomic E-state index is -4.94. The summed E-state index contributed by atoms with van der Waals surface area (Å²) in [5, 5.41) is 1.30. The maximum atomic E-state index is 8.49. The summed E-state index contributed by atoms with van der Waals surface area (Å²) in [6.45, 7) is 4.24. The molecule has 0 saturated heterocycles. The van der Waals surface area contributed by atoms with Crippen molar-refractivity contribution in [3.8, 4) is 0 Å². The molecule has 1 aromatic carbocycles. The van der Waals surface area contributed by atoms with Crippen LogP contribution in [0, 0.1) is 24.1 Å². The smallest absolute Gasteiger partial charge is 0.222 e. The normalized spacial score (nSPS) is 11.1. The number of hydrogen-bond donors (Lipinski definition) is 0. The second-order valence-electron chi connectivity index (χ2n) is 3.89. The molecule has 0 amide bonds. The van der Waals surface area contributed by atoms with E-state index >= 15 is 0 Å². The molecule has 0 aliphatic carbocycles. The molecule has 0 N–H and O–H groups in total. The van der Waals surface area contributed by atoms with Crippen LogP contribution in [0.25, 0.3) is 10.1 Å². The molecule has 0 unspecified atom stereocenters. The Balaban J connectivity index is 0.000000312. The predicted octanol–water partition coefficient (Wildman–Crippen LogP) is -0.218. The lowest BCUT2D eigenvalue weighted by Gasteiger charge is -2.17. The topological polar surface area (TPSA) is 92.2 Å². The van der Waals surface area contributed by atoms with Gasteiger partial charge in [0.15, 0.2) is 0 Å². The molecule has 0 aliphatic heterocycles. The standard InChI is InChI=1S/C12H12ClS.ClHO4/c1-8-3-4-12-11(5-8)10(7-13)6-9(2)14-12;2-1(3,4)5/h3-6H,7H2,1-2H3;(H,2,3,4,5)/q+1;/p-1. The van der Waals surface area contributed by atoms with Crippen LogP contribution < -0.4 is 18.6 Å². The van der Waals surface area contributed by atoms with Crippen molar-refractivity contribution in [2.75, 3.05) is 0 Å². The molecule has 7 heteroatoms. The second kappa shape index (κ2) is 6.76. The molecule has 0 bridgehead atoms. The van der Waals surface area contributed by atoms with Gasteiger partial charge in [0.1, 0.15) is 0 Å². The molecule has 4 nitrogen and oxygen atoms in total. The van der Waals surface area contributed by atoms with Gasteiger partial charge < -0.3 is 0 Å². The van der Waals surface area contributed by atoms with Crippen molar-refractivity contribution in [3.05, 3.63) is 40.3 Å². The quantitative estimate of drug-likeness (QED) is 0.536. The Morgan fingerprint density at radius 1 is 1.11 bits per heavy atom. The van der Waals surface area contributed by atoms with Gasteiger partial charge in [0.25, 0.3) is 0 Å². The molecule has 2 aromatic rings. The Labute approximate surface area is 122 Å². The summed E-state index contributed by atoms with van der Waals surface area (Å²) in [6, 6.07) is 8.72. The van der Waals surface area contributed by atoms with Gasteiger partial charge >= 0.3 is 0 Å². The zero-order valence-corrected chi connectivity index (χ0v) is 12.6. The van der Waals surface area contributed by atoms with E-state index in [1.807, 2.05) is 11.3 Å². The minimum absolute atomic E-state index is 0.592. The van der Waals surface area contributed by atoms with Gasteiger partial charge in [0.05, 0.1) is 0 Å². The first-order valence-corrected chi connectivity index (χ1v) is 7.80. The van der Waals surface area contributed by atoms with E-state index in [0.717, 1.165) is 0 Å². The van der Waals surface area contributed by atoms with Crippen molar-refractivity contribution >= 4 is 33.0 Å². The van der Waals surface area contributed by atoms with Crippen molar-refractivity contribution < 1.29 is 28.9 Å². The molecule has 0 radical (unpaired) electrons. The van der Waals surface area contributed by atoms with Crippen LogP contribution in [0.5, 0.6) is 0 Å². The van der Waals surface area contributed by atoms with Gasteiger partial charge in [-0.3, -0.25) is 0 Å². The van der Waals surface area contributed by atoms with Crippen molar-refractivity contribution in [1.82, 2.24) is 0 Å². The summed E-state index contributed by atoms with van der Waals surface area (Å²) < 4.78 is 35.3.